The van der Waals surface area contributed by atoms with Gasteiger partial charge < -0.3 is 10.3 Å². The van der Waals surface area contributed by atoms with E-state index in [4.69, 9.17) is 0 Å². The smallest absolute Gasteiger partial charge is 0.193 e. The number of rotatable bonds is 1. The number of aliphatic imine (C=N–C) groups is 2. The van der Waals surface area contributed by atoms with Crippen LogP contribution in [0.15, 0.2) is 87.9 Å². The molecule has 4 aliphatic heterocycles. The Kier molecular flexibility index (Phi) is 3.76. The van der Waals surface area contributed by atoms with E-state index in [1.54, 1.807) is 4.68 Å². The van der Waals surface area contributed by atoms with E-state index in [0.29, 0.717) is 17.0 Å². The van der Waals surface area contributed by atoms with Crippen molar-refractivity contribution < 1.29 is 4.79 Å². The van der Waals surface area contributed by atoms with Crippen LogP contribution in [0.5, 0.6) is 0 Å². The lowest BCUT2D eigenvalue weighted by atomic mass is 10.0. The highest BCUT2D eigenvalue weighted by Crippen LogP contribution is 2.28. The van der Waals surface area contributed by atoms with Crippen molar-refractivity contribution in [1.29, 1.82) is 0 Å². The Hall–Kier alpha value is -4.26. The number of nitrogens with zero attached hydrogens (tertiary/aromatic N) is 4. The monoisotopic (exact) mass is 406 g/mol. The van der Waals surface area contributed by atoms with E-state index in [0.717, 1.165) is 33.5 Å². The number of fused-ring (bicyclic) bond motifs is 6. The molecule has 0 radical (unpaired) electrons. The van der Waals surface area contributed by atoms with Gasteiger partial charge in [0.05, 0.1) is 39.8 Å². The first-order valence-electron chi connectivity index (χ1n) is 10.0. The molecule has 31 heavy (non-hydrogen) atoms. The third-order valence-electron chi connectivity index (χ3n) is 5.41. The molecular weight excluding hydrogens is 388 g/mol. The van der Waals surface area contributed by atoms with Crippen LogP contribution < -0.4 is 16.0 Å². The van der Waals surface area contributed by atoms with Gasteiger partial charge in [-0.25, -0.2) is 9.98 Å². The van der Waals surface area contributed by atoms with Crippen LogP contribution in [-0.4, -0.2) is 38.0 Å². The fraction of sp³-hybridized carbons (Fsp3) is 0.0833. The molecule has 1 atom stereocenters. The number of carbonyl (C=O) groups is 1. The normalized spacial score (nSPS) is 21.3. The number of aromatic nitrogens is 3. The summed E-state index contributed by atoms with van der Waals surface area (Å²) in [5, 5.41) is 9.72. The molecule has 7 heteroatoms. The first-order valence-corrected chi connectivity index (χ1v) is 10.0. The van der Waals surface area contributed by atoms with Crippen molar-refractivity contribution in [3.05, 3.63) is 94.3 Å². The van der Waals surface area contributed by atoms with Crippen molar-refractivity contribution in [3.63, 3.8) is 0 Å². The highest BCUT2D eigenvalue weighted by Gasteiger charge is 2.33. The Morgan fingerprint density at radius 3 is 2.32 bits per heavy atom. The molecular formula is C24H18N6O. The molecule has 6 heterocycles. The summed E-state index contributed by atoms with van der Waals surface area (Å²) in [6.45, 7) is 0. The van der Waals surface area contributed by atoms with Gasteiger partial charge in [0.2, 0.25) is 0 Å². The summed E-state index contributed by atoms with van der Waals surface area (Å²) in [5.74, 6) is -0.0327. The molecule has 0 aliphatic carbocycles. The fourth-order valence-corrected chi connectivity index (χ4v) is 4.00. The molecule has 0 spiro atoms. The average Bonchev–Trinajstić information content (AvgIpc) is 3.54. The zero-order valence-electron chi connectivity index (χ0n) is 16.7. The first-order chi connectivity index (χ1) is 15.1. The molecule has 0 fully saturated rings. The van der Waals surface area contributed by atoms with Gasteiger partial charge in [-0.15, -0.1) is 0 Å². The minimum Gasteiger partial charge on any atom is -0.371 e. The van der Waals surface area contributed by atoms with Crippen LogP contribution in [0.25, 0.3) is 17.7 Å². The van der Waals surface area contributed by atoms with Gasteiger partial charge >= 0.3 is 0 Å². The highest BCUT2D eigenvalue weighted by atomic mass is 16.1. The minimum atomic E-state index is -0.517. The van der Waals surface area contributed by atoms with Gasteiger partial charge in [0.1, 0.15) is 6.04 Å². The molecule has 0 saturated heterocycles. The molecule has 0 aromatic carbocycles. The summed E-state index contributed by atoms with van der Waals surface area (Å²) >= 11 is 0. The van der Waals surface area contributed by atoms with Crippen molar-refractivity contribution in [2.45, 2.75) is 6.04 Å². The number of nitrogens with one attached hydrogen (secondary N) is 2. The lowest BCUT2D eigenvalue weighted by Crippen LogP contribution is -2.26. The summed E-state index contributed by atoms with van der Waals surface area (Å²) in [6.07, 6.45) is 17.3. The molecule has 0 saturated carbocycles. The van der Waals surface area contributed by atoms with Crippen molar-refractivity contribution in [1.82, 2.24) is 20.1 Å². The number of carbonyl (C=O) groups excluding carboxylic acids is 1. The quantitative estimate of drug-likeness (QED) is 0.743. The number of hydrogen-bond donors (Lipinski definition) is 2. The van der Waals surface area contributed by atoms with Gasteiger partial charge in [-0.3, -0.25) is 9.48 Å². The number of hydrogen-bond acceptors (Lipinski definition) is 5. The van der Waals surface area contributed by atoms with Crippen LogP contribution in [-0.2, 0) is 11.8 Å². The first kappa shape index (κ1) is 17.6. The molecule has 8 bridgehead atoms. The van der Waals surface area contributed by atoms with E-state index in [2.05, 4.69) is 25.4 Å². The molecule has 2 aromatic rings. The van der Waals surface area contributed by atoms with Gasteiger partial charge in [0, 0.05) is 23.9 Å². The van der Waals surface area contributed by atoms with E-state index in [-0.39, 0.29) is 5.78 Å². The van der Waals surface area contributed by atoms with Crippen molar-refractivity contribution in [3.8, 4) is 0 Å². The number of allylic oxidation sites excluding steroid dienone is 5. The predicted octanol–water partition coefficient (Wildman–Crippen LogP) is 1.06. The van der Waals surface area contributed by atoms with Gasteiger partial charge in [-0.2, -0.15) is 5.10 Å². The second-order valence-corrected chi connectivity index (χ2v) is 7.71. The zero-order valence-corrected chi connectivity index (χ0v) is 16.7. The van der Waals surface area contributed by atoms with E-state index >= 15 is 0 Å². The van der Waals surface area contributed by atoms with Crippen molar-refractivity contribution in [2.24, 2.45) is 17.0 Å². The molecule has 2 aromatic heterocycles. The molecule has 7 nitrogen and oxygen atoms in total. The van der Waals surface area contributed by atoms with Gasteiger partial charge in [-0.05, 0) is 66.8 Å². The summed E-state index contributed by atoms with van der Waals surface area (Å²) < 4.78 is 1.69. The van der Waals surface area contributed by atoms with E-state index in [1.807, 2.05) is 80.1 Å². The third-order valence-corrected chi connectivity index (χ3v) is 5.41. The van der Waals surface area contributed by atoms with Crippen molar-refractivity contribution >= 4 is 34.9 Å². The average molecular weight is 406 g/mol. The largest absolute Gasteiger partial charge is 0.371 e. The van der Waals surface area contributed by atoms with Crippen LogP contribution in [0.1, 0.15) is 5.69 Å². The predicted molar refractivity (Wildman–Crippen MR) is 120 cm³/mol. The molecule has 150 valence electrons. The SMILES string of the molecule is Cn1ccc(C2=C3C=C4C=CC(=N4)C=c4ccc([nH]4)=CC4=NC(=CC(N3)C2=O)C=C4)n1. The Labute approximate surface area is 177 Å². The number of ketones is 1. The second-order valence-electron chi connectivity index (χ2n) is 7.71. The lowest BCUT2D eigenvalue weighted by molar-refractivity contribution is -0.113. The number of aromatic amines is 1. The highest BCUT2D eigenvalue weighted by molar-refractivity contribution is 6.27. The Bertz CT molecular complexity index is 1480. The minimum absolute atomic E-state index is 0.0327. The Balaban J connectivity index is 1.55. The molecule has 4 aliphatic rings. The number of aryl methyl sites for hydroxylation is 1. The maximum absolute atomic E-state index is 13.3. The van der Waals surface area contributed by atoms with Gasteiger partial charge in [0.15, 0.2) is 5.78 Å². The van der Waals surface area contributed by atoms with Crippen LogP contribution >= 0.6 is 0 Å². The summed E-state index contributed by atoms with van der Waals surface area (Å²) in [5.41, 5.74) is 5.10. The van der Waals surface area contributed by atoms with E-state index < -0.39 is 6.04 Å². The summed E-state index contributed by atoms with van der Waals surface area (Å²) in [4.78, 5) is 26.0. The van der Waals surface area contributed by atoms with Gasteiger partial charge in [0.25, 0.3) is 0 Å². The lowest BCUT2D eigenvalue weighted by Gasteiger charge is -2.06. The third kappa shape index (κ3) is 3.16. The summed E-state index contributed by atoms with van der Waals surface area (Å²) in [7, 11) is 1.84. The van der Waals surface area contributed by atoms with Crippen LogP contribution in [0, 0.1) is 0 Å². The van der Waals surface area contributed by atoms with Gasteiger partial charge in [-0.1, -0.05) is 0 Å². The maximum Gasteiger partial charge on any atom is 0.193 e. The standard InChI is InChI=1S/C24H18N6O/c1-30-9-8-20(29-30)23-21-12-18-6-4-16(26-18)10-14-2-3-15(25-14)11-17-5-7-19(27-17)13-22(28-21)24(23)31/h2-13,22,25,28H,1H3. The Morgan fingerprint density at radius 2 is 1.61 bits per heavy atom. The van der Waals surface area contributed by atoms with Crippen LogP contribution in [0.2, 0.25) is 0 Å². The second kappa shape index (κ2) is 6.63. The fourth-order valence-electron chi connectivity index (χ4n) is 4.00. The Morgan fingerprint density at radius 1 is 0.903 bits per heavy atom. The van der Waals surface area contributed by atoms with E-state index in [9.17, 15) is 4.79 Å². The summed E-state index contributed by atoms with van der Waals surface area (Å²) in [6, 6.07) is 5.36. The van der Waals surface area contributed by atoms with Crippen LogP contribution in [0.3, 0.4) is 0 Å². The van der Waals surface area contributed by atoms with Crippen LogP contribution in [0.4, 0.5) is 0 Å². The van der Waals surface area contributed by atoms with Crippen molar-refractivity contribution in [2.75, 3.05) is 0 Å². The number of H-pyrrole nitrogens is 1. The maximum atomic E-state index is 13.3. The topological polar surface area (TPSA) is 87.4 Å². The molecule has 0 amide bonds. The molecule has 1 unspecified atom stereocenters. The number of Topliss-reactive ketones (excluding diaryl/α,β-unsaturated/α-hetero) is 1. The zero-order chi connectivity index (χ0) is 20.9. The van der Waals surface area contributed by atoms with E-state index in [1.165, 1.54) is 0 Å². The molecule has 6 rings (SSSR count). The molecule has 2 N–H and O–H groups in total.